The number of H-pyrrole nitrogens is 1. The van der Waals surface area contributed by atoms with Crippen LogP contribution in [0.25, 0.3) is 22.6 Å². The third-order valence-corrected chi connectivity index (χ3v) is 5.60. The van der Waals surface area contributed by atoms with Crippen molar-refractivity contribution in [1.82, 2.24) is 15.3 Å². The van der Waals surface area contributed by atoms with Crippen LogP contribution in [-0.2, 0) is 16.0 Å². The monoisotopic (exact) mass is 427 g/mol. The number of amides is 1. The van der Waals surface area contributed by atoms with Crippen LogP contribution in [-0.4, -0.2) is 41.9 Å². The maximum absolute atomic E-state index is 13.4. The third kappa shape index (κ3) is 5.93. The number of rotatable bonds is 10. The predicted octanol–water partition coefficient (Wildman–Crippen LogP) is 4.69. The van der Waals surface area contributed by atoms with Gasteiger partial charge in [-0.2, -0.15) is 0 Å². The van der Waals surface area contributed by atoms with Gasteiger partial charge < -0.3 is 15.0 Å². The van der Waals surface area contributed by atoms with E-state index in [4.69, 9.17) is 9.72 Å². The number of nitrogens with zero attached hydrogens (tertiary/aromatic N) is 1. The Morgan fingerprint density at radius 3 is 2.50 bits per heavy atom. The summed E-state index contributed by atoms with van der Waals surface area (Å²) >= 11 is 1.36. The van der Waals surface area contributed by atoms with Crippen molar-refractivity contribution in [2.45, 2.75) is 24.8 Å². The first kappa shape index (κ1) is 22.1. The molecule has 0 saturated heterocycles. The van der Waals surface area contributed by atoms with Crippen molar-refractivity contribution in [3.8, 4) is 22.6 Å². The number of carbonyl (C=O) groups excluding carboxylic acids is 1. The van der Waals surface area contributed by atoms with Gasteiger partial charge in [-0.3, -0.25) is 4.79 Å². The molecule has 2 aromatic carbocycles. The number of nitrogens with one attached hydrogen (secondary N) is 2. The fourth-order valence-electron chi connectivity index (χ4n) is 2.94. The van der Waals surface area contributed by atoms with E-state index < -0.39 is 0 Å². The fourth-order valence-corrected chi connectivity index (χ4v) is 3.78. The van der Waals surface area contributed by atoms with Gasteiger partial charge in [0.2, 0.25) is 5.91 Å². The van der Waals surface area contributed by atoms with Crippen molar-refractivity contribution in [2.24, 2.45) is 0 Å². The van der Waals surface area contributed by atoms with Gasteiger partial charge in [-0.15, -0.1) is 0 Å². The van der Waals surface area contributed by atoms with Crippen molar-refractivity contribution in [3.63, 3.8) is 0 Å². The number of halogens is 1. The van der Waals surface area contributed by atoms with Gasteiger partial charge in [0, 0.05) is 31.4 Å². The van der Waals surface area contributed by atoms with Crippen LogP contribution in [0.15, 0.2) is 53.6 Å². The lowest BCUT2D eigenvalue weighted by Gasteiger charge is -2.05. The average Bonchev–Trinajstić information content (AvgIpc) is 3.20. The Morgan fingerprint density at radius 2 is 1.83 bits per heavy atom. The number of methoxy groups -OCH3 is 1. The minimum absolute atomic E-state index is 0.0574. The Labute approximate surface area is 180 Å². The molecule has 0 aliphatic carbocycles. The number of hydrogen-bond acceptors (Lipinski definition) is 4. The number of carbonyl (C=O) groups is 1. The molecule has 0 bridgehead atoms. The molecule has 3 aromatic rings. The second-order valence-electron chi connectivity index (χ2n) is 6.81. The molecule has 0 aliphatic rings. The zero-order valence-electron chi connectivity index (χ0n) is 17.2. The number of aromatic nitrogens is 2. The average molecular weight is 428 g/mol. The van der Waals surface area contributed by atoms with Gasteiger partial charge in [0.05, 0.1) is 11.4 Å². The number of imidazole rings is 1. The van der Waals surface area contributed by atoms with E-state index in [1.54, 1.807) is 19.2 Å². The highest BCUT2D eigenvalue weighted by Gasteiger charge is 2.16. The molecule has 0 spiro atoms. The van der Waals surface area contributed by atoms with Crippen LogP contribution in [0.2, 0.25) is 0 Å². The molecule has 3 rings (SSSR count). The molecule has 1 heterocycles. The van der Waals surface area contributed by atoms with E-state index in [0.29, 0.717) is 18.2 Å². The Morgan fingerprint density at radius 1 is 1.13 bits per heavy atom. The molecule has 0 saturated carbocycles. The molecule has 2 N–H and O–H groups in total. The summed E-state index contributed by atoms with van der Waals surface area (Å²) in [6.45, 7) is 3.30. The maximum atomic E-state index is 13.4. The summed E-state index contributed by atoms with van der Waals surface area (Å²) in [5, 5.41) is 3.59. The molecule has 0 radical (unpaired) electrons. The molecule has 0 aliphatic heterocycles. The minimum Gasteiger partial charge on any atom is -0.385 e. The van der Waals surface area contributed by atoms with Crippen molar-refractivity contribution in [1.29, 1.82) is 0 Å². The summed E-state index contributed by atoms with van der Waals surface area (Å²) in [7, 11) is 1.64. The standard InChI is InChI=1S/C23H26FN3O2S/c1-3-16-5-7-18(8-6-16)22-26-21(17-9-11-19(24)12-10-17)23(27-22)30-15-20(28)25-13-4-14-29-2/h5-12H,3-4,13-15H2,1-2H3,(H,25,28)(H,26,27). The molecule has 0 atom stereocenters. The summed E-state index contributed by atoms with van der Waals surface area (Å²) in [4.78, 5) is 20.2. The Kier molecular flexibility index (Phi) is 8.04. The Hall–Kier alpha value is -2.64. The van der Waals surface area contributed by atoms with Crippen molar-refractivity contribution in [3.05, 3.63) is 59.9 Å². The highest BCUT2D eigenvalue weighted by Crippen LogP contribution is 2.32. The lowest BCUT2D eigenvalue weighted by Crippen LogP contribution is -2.26. The zero-order valence-corrected chi connectivity index (χ0v) is 18.0. The SMILES string of the molecule is CCc1ccc(-c2nc(SCC(=O)NCCCOC)c(-c3ccc(F)cc3)[nH]2)cc1. The first-order valence-corrected chi connectivity index (χ1v) is 10.9. The van der Waals surface area contributed by atoms with Crippen LogP contribution in [0.1, 0.15) is 18.9 Å². The lowest BCUT2D eigenvalue weighted by molar-refractivity contribution is -0.118. The third-order valence-electron chi connectivity index (χ3n) is 4.63. The number of hydrogen-bond donors (Lipinski definition) is 2. The summed E-state index contributed by atoms with van der Waals surface area (Å²) in [5.74, 6) is 0.622. The van der Waals surface area contributed by atoms with Crippen LogP contribution in [0.5, 0.6) is 0 Å². The van der Waals surface area contributed by atoms with Crippen LogP contribution < -0.4 is 5.32 Å². The van der Waals surface area contributed by atoms with Crippen LogP contribution >= 0.6 is 11.8 Å². The van der Waals surface area contributed by atoms with Gasteiger partial charge in [0.15, 0.2) is 0 Å². The fraction of sp³-hybridized carbons (Fsp3) is 0.304. The van der Waals surface area contributed by atoms with E-state index in [9.17, 15) is 9.18 Å². The molecule has 30 heavy (non-hydrogen) atoms. The van der Waals surface area contributed by atoms with Gasteiger partial charge in [0.25, 0.3) is 0 Å². The molecule has 0 unspecified atom stereocenters. The lowest BCUT2D eigenvalue weighted by atomic mass is 10.1. The predicted molar refractivity (Wildman–Crippen MR) is 119 cm³/mol. The highest BCUT2D eigenvalue weighted by atomic mass is 32.2. The summed E-state index contributed by atoms with van der Waals surface area (Å²) < 4.78 is 18.4. The van der Waals surface area contributed by atoms with Gasteiger partial charge in [-0.05, 0) is 42.7 Å². The largest absolute Gasteiger partial charge is 0.385 e. The van der Waals surface area contributed by atoms with Crippen molar-refractivity contribution in [2.75, 3.05) is 26.0 Å². The summed E-state index contributed by atoms with van der Waals surface area (Å²) in [5.41, 5.74) is 3.82. The molecule has 1 aromatic heterocycles. The molecule has 7 heteroatoms. The van der Waals surface area contributed by atoms with E-state index in [1.807, 2.05) is 12.1 Å². The smallest absolute Gasteiger partial charge is 0.230 e. The Balaban J connectivity index is 1.79. The quantitative estimate of drug-likeness (QED) is 0.364. The van der Waals surface area contributed by atoms with Crippen molar-refractivity contribution < 1.29 is 13.9 Å². The van der Waals surface area contributed by atoms with E-state index in [0.717, 1.165) is 35.5 Å². The minimum atomic E-state index is -0.293. The van der Waals surface area contributed by atoms with Gasteiger partial charge in [-0.25, -0.2) is 9.37 Å². The summed E-state index contributed by atoms with van der Waals surface area (Å²) in [6.07, 6.45) is 1.74. The molecule has 5 nitrogen and oxygen atoms in total. The van der Waals surface area contributed by atoms with E-state index in [1.165, 1.54) is 29.5 Å². The molecular weight excluding hydrogens is 401 g/mol. The first-order valence-electron chi connectivity index (χ1n) is 9.94. The van der Waals surface area contributed by atoms with E-state index in [2.05, 4.69) is 29.4 Å². The second-order valence-corrected chi connectivity index (χ2v) is 7.77. The maximum Gasteiger partial charge on any atom is 0.230 e. The molecular formula is C23H26FN3O2S. The molecule has 0 fully saturated rings. The van der Waals surface area contributed by atoms with Crippen LogP contribution in [0.3, 0.4) is 0 Å². The van der Waals surface area contributed by atoms with Crippen LogP contribution in [0.4, 0.5) is 4.39 Å². The molecule has 1 amide bonds. The normalized spacial score (nSPS) is 10.9. The second kappa shape index (κ2) is 10.9. The van der Waals surface area contributed by atoms with Crippen molar-refractivity contribution >= 4 is 17.7 Å². The number of aromatic amines is 1. The number of benzene rings is 2. The Bertz CT molecular complexity index is 956. The van der Waals surface area contributed by atoms with E-state index in [-0.39, 0.29) is 17.5 Å². The van der Waals surface area contributed by atoms with Gasteiger partial charge in [0.1, 0.15) is 16.7 Å². The highest BCUT2D eigenvalue weighted by molar-refractivity contribution is 8.00. The summed E-state index contributed by atoms with van der Waals surface area (Å²) in [6, 6.07) is 14.5. The number of ether oxygens (including phenoxy) is 1. The number of aryl methyl sites for hydroxylation is 1. The first-order chi connectivity index (χ1) is 14.6. The number of thioether (sulfide) groups is 1. The van der Waals surface area contributed by atoms with E-state index >= 15 is 0 Å². The zero-order chi connectivity index (χ0) is 21.3. The van der Waals surface area contributed by atoms with Crippen LogP contribution in [0, 0.1) is 5.82 Å². The topological polar surface area (TPSA) is 67.0 Å². The van der Waals surface area contributed by atoms with Gasteiger partial charge >= 0.3 is 0 Å². The molecule has 158 valence electrons. The van der Waals surface area contributed by atoms with Gasteiger partial charge in [-0.1, -0.05) is 43.0 Å².